The van der Waals surface area contributed by atoms with Gasteiger partial charge < -0.3 is 15.4 Å². The summed E-state index contributed by atoms with van der Waals surface area (Å²) in [5.74, 6) is -1.89. The molecule has 242 valence electrons. The molecule has 3 aromatic rings. The number of amides is 3. The molecule has 10 nitrogen and oxygen atoms in total. The van der Waals surface area contributed by atoms with E-state index >= 15 is 0 Å². The van der Waals surface area contributed by atoms with Crippen LogP contribution in [0.4, 0.5) is 0 Å². The summed E-state index contributed by atoms with van der Waals surface area (Å²) in [6, 6.07) is 16.4. The minimum Gasteiger partial charge on any atom is -0.455 e. The summed E-state index contributed by atoms with van der Waals surface area (Å²) in [5.41, 5.74) is 5.14. The Labute approximate surface area is 269 Å². The molecule has 0 radical (unpaired) electrons. The summed E-state index contributed by atoms with van der Waals surface area (Å²) in [5, 5.41) is 8.19. The van der Waals surface area contributed by atoms with Crippen molar-refractivity contribution in [1.82, 2.24) is 26.1 Å². The summed E-state index contributed by atoms with van der Waals surface area (Å²) in [4.78, 5) is 59.5. The molecule has 0 spiro atoms. The number of hydrogen-bond donors (Lipinski definition) is 3. The number of hydrogen-bond acceptors (Lipinski definition) is 7. The molecular formula is C36H43N5O5. The van der Waals surface area contributed by atoms with Gasteiger partial charge in [0.25, 0.3) is 5.91 Å². The van der Waals surface area contributed by atoms with Crippen LogP contribution in [0.15, 0.2) is 66.7 Å². The van der Waals surface area contributed by atoms with Crippen LogP contribution >= 0.6 is 0 Å². The Bertz CT molecular complexity index is 1640. The van der Waals surface area contributed by atoms with E-state index in [1.54, 1.807) is 26.8 Å². The lowest BCUT2D eigenvalue weighted by molar-refractivity contribution is -0.157. The molecule has 46 heavy (non-hydrogen) atoms. The predicted octanol–water partition coefficient (Wildman–Crippen LogP) is 4.26. The second kappa shape index (κ2) is 13.8. The van der Waals surface area contributed by atoms with Gasteiger partial charge in [0.05, 0.1) is 16.6 Å². The number of benzene rings is 2. The van der Waals surface area contributed by atoms with E-state index in [9.17, 15) is 19.2 Å². The molecule has 1 aromatic heterocycles. The zero-order chi connectivity index (χ0) is 33.0. The summed E-state index contributed by atoms with van der Waals surface area (Å²) in [7, 11) is 0. The number of cyclic esters (lactones) is 1. The number of esters is 1. The van der Waals surface area contributed by atoms with Crippen molar-refractivity contribution in [2.45, 2.75) is 78.1 Å². The quantitative estimate of drug-likeness (QED) is 0.371. The molecule has 5 rings (SSSR count). The van der Waals surface area contributed by atoms with Crippen molar-refractivity contribution in [2.75, 3.05) is 6.54 Å². The van der Waals surface area contributed by atoms with Gasteiger partial charge in [0, 0.05) is 18.4 Å². The van der Waals surface area contributed by atoms with Gasteiger partial charge in [-0.3, -0.25) is 24.2 Å². The van der Waals surface area contributed by atoms with Crippen molar-refractivity contribution in [3.63, 3.8) is 0 Å². The molecule has 3 N–H and O–H groups in total. The molecule has 1 saturated heterocycles. The molecule has 10 heteroatoms. The van der Waals surface area contributed by atoms with Crippen LogP contribution in [0.5, 0.6) is 0 Å². The number of fused-ring (bicyclic) bond motifs is 4. The highest BCUT2D eigenvalue weighted by Gasteiger charge is 2.36. The van der Waals surface area contributed by atoms with Gasteiger partial charge in [-0.15, -0.1) is 0 Å². The van der Waals surface area contributed by atoms with Gasteiger partial charge in [-0.2, -0.15) is 0 Å². The molecule has 2 aliphatic heterocycles. The summed E-state index contributed by atoms with van der Waals surface area (Å²) < 4.78 is 5.84. The fourth-order valence-corrected chi connectivity index (χ4v) is 5.65. The number of aromatic nitrogens is 1. The van der Waals surface area contributed by atoms with Gasteiger partial charge in [-0.1, -0.05) is 74.5 Å². The van der Waals surface area contributed by atoms with Gasteiger partial charge in [0.2, 0.25) is 11.8 Å². The Morgan fingerprint density at radius 1 is 1.00 bits per heavy atom. The van der Waals surface area contributed by atoms with Gasteiger partial charge in [0.15, 0.2) is 0 Å². The zero-order valence-corrected chi connectivity index (χ0v) is 27.1. The number of pyridine rings is 1. The summed E-state index contributed by atoms with van der Waals surface area (Å²) >= 11 is 0. The van der Waals surface area contributed by atoms with E-state index in [2.05, 4.69) is 16.1 Å². The Balaban J connectivity index is 1.52. The van der Waals surface area contributed by atoms with Crippen molar-refractivity contribution < 1.29 is 23.9 Å². The van der Waals surface area contributed by atoms with Crippen molar-refractivity contribution >= 4 is 40.7 Å². The van der Waals surface area contributed by atoms with E-state index in [0.717, 1.165) is 22.0 Å². The molecule has 4 atom stereocenters. The summed E-state index contributed by atoms with van der Waals surface area (Å²) in [6.45, 7) is 9.41. The highest BCUT2D eigenvalue weighted by atomic mass is 16.5. The fraction of sp³-hybridized carbons (Fsp3) is 0.417. The van der Waals surface area contributed by atoms with Crippen molar-refractivity contribution in [1.29, 1.82) is 0 Å². The highest BCUT2D eigenvalue weighted by molar-refractivity contribution is 5.94. The fourth-order valence-electron chi connectivity index (χ4n) is 5.65. The van der Waals surface area contributed by atoms with Gasteiger partial charge in [-0.25, -0.2) is 10.4 Å². The van der Waals surface area contributed by atoms with E-state index in [1.807, 2.05) is 80.6 Å². The highest BCUT2D eigenvalue weighted by Crippen LogP contribution is 2.25. The minimum atomic E-state index is -0.953. The Morgan fingerprint density at radius 2 is 1.74 bits per heavy atom. The third-order valence-corrected chi connectivity index (χ3v) is 8.59. The average molecular weight is 626 g/mol. The molecular weight excluding hydrogens is 582 g/mol. The van der Waals surface area contributed by atoms with E-state index in [4.69, 9.17) is 9.72 Å². The van der Waals surface area contributed by atoms with Crippen LogP contribution < -0.4 is 16.1 Å². The van der Waals surface area contributed by atoms with Crippen LogP contribution in [0.2, 0.25) is 0 Å². The normalized spacial score (nSPS) is 25.1. The average Bonchev–Trinajstić information content (AvgIpc) is 3.05. The van der Waals surface area contributed by atoms with Crippen molar-refractivity contribution in [3.8, 4) is 0 Å². The number of nitrogens with zero attached hydrogens (tertiary/aromatic N) is 2. The molecule has 0 aliphatic carbocycles. The standard InChI is InChI=1S/C36H43N5O5/c1-22(2)31-32(42)38-30(21-24-10-7-6-8-11-24)33(43)41-19-9-12-28(40-41)34(44)46-23(3)27-16-15-26-14-13-25(20-29(26)37-27)17-18-36(4,5)35(45)39-31/h6-8,10-11,13-18,20,22-23,28,30-31,40H,9,12,19,21H2,1-5H3,(H,38,42)(H,39,45)/b18-17+/t23-,28+,30+,31+/m1/s1. The molecule has 2 aliphatic rings. The number of hydrazine groups is 1. The zero-order valence-electron chi connectivity index (χ0n) is 27.1. The largest absolute Gasteiger partial charge is 0.455 e. The first-order valence-electron chi connectivity index (χ1n) is 15.9. The molecule has 5 bridgehead atoms. The van der Waals surface area contributed by atoms with E-state index in [1.165, 1.54) is 5.01 Å². The molecule has 3 amide bonds. The number of ether oxygens (including phenoxy) is 1. The number of carbonyl (C=O) groups excluding carboxylic acids is 4. The van der Waals surface area contributed by atoms with Gasteiger partial charge in [0.1, 0.15) is 24.2 Å². The maximum Gasteiger partial charge on any atom is 0.325 e. The summed E-state index contributed by atoms with van der Waals surface area (Å²) in [6.07, 6.45) is 4.33. The number of carbonyl (C=O) groups is 4. The van der Waals surface area contributed by atoms with Crippen LogP contribution in [0, 0.1) is 11.3 Å². The molecule has 1 fully saturated rings. The maximum absolute atomic E-state index is 14.0. The topological polar surface area (TPSA) is 130 Å². The second-order valence-electron chi connectivity index (χ2n) is 13.1. The molecule has 0 saturated carbocycles. The SMILES string of the molecule is CC(C)[C@@H]1NC(=O)C(C)(C)/C=C/c2ccc3ccc(nc3c2)[C@@H](C)OC(=O)[C@@H]2CCCN(N2)C(=O)[C@H](Cc2ccccc2)NC1=O. The van der Waals surface area contributed by atoms with Gasteiger partial charge in [-0.05, 0) is 62.8 Å². The van der Waals surface area contributed by atoms with Crippen LogP contribution in [0.25, 0.3) is 17.0 Å². The van der Waals surface area contributed by atoms with Gasteiger partial charge >= 0.3 is 5.97 Å². The lowest BCUT2D eigenvalue weighted by Crippen LogP contribution is -2.62. The van der Waals surface area contributed by atoms with Crippen LogP contribution in [0.3, 0.4) is 0 Å². The maximum atomic E-state index is 14.0. The lowest BCUT2D eigenvalue weighted by Gasteiger charge is -2.36. The Hall–Kier alpha value is -4.57. The molecule has 2 aromatic carbocycles. The van der Waals surface area contributed by atoms with E-state index < -0.39 is 41.5 Å². The van der Waals surface area contributed by atoms with Crippen molar-refractivity contribution in [2.24, 2.45) is 11.3 Å². The van der Waals surface area contributed by atoms with Crippen LogP contribution in [-0.4, -0.2) is 58.4 Å². The third kappa shape index (κ3) is 7.62. The first-order valence-corrected chi connectivity index (χ1v) is 15.9. The van der Waals surface area contributed by atoms with Crippen LogP contribution in [-0.2, 0) is 30.3 Å². The Kier molecular flexibility index (Phi) is 9.86. The Morgan fingerprint density at radius 3 is 2.48 bits per heavy atom. The van der Waals surface area contributed by atoms with E-state index in [-0.39, 0.29) is 24.2 Å². The smallest absolute Gasteiger partial charge is 0.325 e. The third-order valence-electron chi connectivity index (χ3n) is 8.59. The first kappa shape index (κ1) is 32.8. The monoisotopic (exact) mass is 625 g/mol. The van der Waals surface area contributed by atoms with Crippen molar-refractivity contribution in [3.05, 3.63) is 83.6 Å². The number of nitrogens with one attached hydrogen (secondary N) is 3. The number of rotatable bonds is 3. The minimum absolute atomic E-state index is 0.232. The first-order chi connectivity index (χ1) is 21.9. The predicted molar refractivity (Wildman–Crippen MR) is 176 cm³/mol. The lowest BCUT2D eigenvalue weighted by atomic mass is 9.89. The van der Waals surface area contributed by atoms with Crippen LogP contribution in [0.1, 0.15) is 70.4 Å². The molecule has 0 unspecified atom stereocenters. The molecule has 3 heterocycles. The van der Waals surface area contributed by atoms with E-state index in [0.29, 0.717) is 25.1 Å². The second-order valence-corrected chi connectivity index (χ2v) is 13.1.